The minimum absolute atomic E-state index is 0.488. The van der Waals surface area contributed by atoms with Crippen LogP contribution in [-0.4, -0.2) is 17.2 Å². The van der Waals surface area contributed by atoms with Gasteiger partial charge >= 0.3 is 0 Å². The molecule has 0 aliphatic rings. The smallest absolute Gasteiger partial charge is 0.218 e. The summed E-state index contributed by atoms with van der Waals surface area (Å²) in [5, 5.41) is 9.22. The number of methoxy groups -OCH3 is 1. The zero-order chi connectivity index (χ0) is 8.27. The zero-order valence-electron chi connectivity index (χ0n) is 6.61. The minimum atomic E-state index is -0.529. The van der Waals surface area contributed by atoms with Gasteiger partial charge in [0.05, 0.1) is 13.2 Å². The Balaban J connectivity index is 3.02. The third-order valence-corrected chi connectivity index (χ3v) is 1.44. The molecule has 0 amide bonds. The van der Waals surface area contributed by atoms with Crippen molar-refractivity contribution in [1.82, 2.24) is 4.98 Å². The molecule has 0 spiro atoms. The summed E-state index contributed by atoms with van der Waals surface area (Å²) in [7, 11) is 1.54. The molecule has 1 rings (SSSR count). The second-order valence-electron chi connectivity index (χ2n) is 2.28. The van der Waals surface area contributed by atoms with Crippen LogP contribution in [0.4, 0.5) is 0 Å². The molecule has 1 aromatic rings. The molecule has 0 saturated heterocycles. The van der Waals surface area contributed by atoms with Crippen LogP contribution in [0.1, 0.15) is 18.6 Å². The van der Waals surface area contributed by atoms with Crippen LogP contribution in [0.15, 0.2) is 18.3 Å². The van der Waals surface area contributed by atoms with E-state index in [0.29, 0.717) is 5.88 Å². The average Bonchev–Trinajstić information content (AvgIpc) is 2.04. The Kier molecular flexibility index (Phi) is 2.44. The summed E-state index contributed by atoms with van der Waals surface area (Å²) < 4.78 is 4.94. The Morgan fingerprint density at radius 3 is 2.82 bits per heavy atom. The lowest BCUT2D eigenvalue weighted by Crippen LogP contribution is -1.97. The molecule has 1 unspecified atom stereocenters. The maximum atomic E-state index is 9.22. The van der Waals surface area contributed by atoms with E-state index < -0.39 is 6.10 Å². The van der Waals surface area contributed by atoms with Crippen LogP contribution in [0.5, 0.6) is 5.88 Å². The van der Waals surface area contributed by atoms with Crippen molar-refractivity contribution in [3.63, 3.8) is 0 Å². The Morgan fingerprint density at radius 2 is 2.36 bits per heavy atom. The quantitative estimate of drug-likeness (QED) is 0.692. The van der Waals surface area contributed by atoms with Crippen molar-refractivity contribution in [2.45, 2.75) is 13.0 Å². The molecular formula is C8H11NO2. The average molecular weight is 153 g/mol. The fourth-order valence-corrected chi connectivity index (χ4v) is 0.892. The highest BCUT2D eigenvalue weighted by Gasteiger charge is 2.07. The molecule has 3 heteroatoms. The maximum Gasteiger partial charge on any atom is 0.218 e. The van der Waals surface area contributed by atoms with Crippen LogP contribution in [-0.2, 0) is 0 Å². The van der Waals surface area contributed by atoms with E-state index in [2.05, 4.69) is 4.98 Å². The van der Waals surface area contributed by atoms with Crippen LogP contribution in [0.25, 0.3) is 0 Å². The summed E-state index contributed by atoms with van der Waals surface area (Å²) in [6.45, 7) is 1.68. The van der Waals surface area contributed by atoms with Crippen LogP contribution >= 0.6 is 0 Å². The van der Waals surface area contributed by atoms with Gasteiger partial charge in [-0.1, -0.05) is 0 Å². The Morgan fingerprint density at radius 1 is 1.64 bits per heavy atom. The molecule has 0 aliphatic carbocycles. The first-order valence-electron chi connectivity index (χ1n) is 3.42. The summed E-state index contributed by atoms with van der Waals surface area (Å²) >= 11 is 0. The highest BCUT2D eigenvalue weighted by atomic mass is 16.5. The summed E-state index contributed by atoms with van der Waals surface area (Å²) in [5.74, 6) is 0.488. The number of aliphatic hydroxyl groups excluding tert-OH is 1. The van der Waals surface area contributed by atoms with Gasteiger partial charge in [0.1, 0.15) is 0 Å². The molecule has 0 aliphatic heterocycles. The number of aliphatic hydroxyl groups is 1. The Hall–Kier alpha value is -1.09. The van der Waals surface area contributed by atoms with Gasteiger partial charge in [-0.2, -0.15) is 0 Å². The van der Waals surface area contributed by atoms with Gasteiger partial charge in [-0.05, 0) is 19.1 Å². The number of ether oxygens (including phenoxy) is 1. The molecule has 0 aromatic carbocycles. The van der Waals surface area contributed by atoms with Gasteiger partial charge in [-0.25, -0.2) is 4.98 Å². The topological polar surface area (TPSA) is 42.4 Å². The summed E-state index contributed by atoms with van der Waals surface area (Å²) in [6.07, 6.45) is 1.10. The highest BCUT2D eigenvalue weighted by Crippen LogP contribution is 2.20. The summed E-state index contributed by atoms with van der Waals surface area (Å²) in [5.41, 5.74) is 0.718. The van der Waals surface area contributed by atoms with E-state index in [1.165, 1.54) is 7.11 Å². The van der Waals surface area contributed by atoms with E-state index in [-0.39, 0.29) is 0 Å². The minimum Gasteiger partial charge on any atom is -0.481 e. The van der Waals surface area contributed by atoms with Crippen molar-refractivity contribution in [3.05, 3.63) is 23.9 Å². The van der Waals surface area contributed by atoms with Crippen molar-refractivity contribution in [1.29, 1.82) is 0 Å². The lowest BCUT2D eigenvalue weighted by molar-refractivity contribution is 0.193. The second-order valence-corrected chi connectivity index (χ2v) is 2.28. The van der Waals surface area contributed by atoms with Crippen LogP contribution in [0, 0.1) is 0 Å². The number of hydrogen-bond acceptors (Lipinski definition) is 3. The largest absolute Gasteiger partial charge is 0.481 e. The van der Waals surface area contributed by atoms with Crippen LogP contribution < -0.4 is 4.74 Å². The highest BCUT2D eigenvalue weighted by molar-refractivity contribution is 5.26. The second kappa shape index (κ2) is 3.34. The Bertz CT molecular complexity index is 235. The fraction of sp³-hybridized carbons (Fsp3) is 0.375. The zero-order valence-corrected chi connectivity index (χ0v) is 6.61. The van der Waals surface area contributed by atoms with Crippen LogP contribution in [0.2, 0.25) is 0 Å². The molecule has 3 nitrogen and oxygen atoms in total. The van der Waals surface area contributed by atoms with Gasteiger partial charge < -0.3 is 9.84 Å². The van der Waals surface area contributed by atoms with E-state index >= 15 is 0 Å². The van der Waals surface area contributed by atoms with Crippen molar-refractivity contribution in [2.24, 2.45) is 0 Å². The van der Waals surface area contributed by atoms with Gasteiger partial charge in [-0.15, -0.1) is 0 Å². The monoisotopic (exact) mass is 153 g/mol. The van der Waals surface area contributed by atoms with E-state index in [1.54, 1.807) is 25.3 Å². The van der Waals surface area contributed by atoms with Gasteiger partial charge in [0.2, 0.25) is 5.88 Å². The van der Waals surface area contributed by atoms with Crippen molar-refractivity contribution < 1.29 is 9.84 Å². The lowest BCUT2D eigenvalue weighted by Gasteiger charge is -2.07. The molecule has 0 saturated carbocycles. The molecule has 0 bridgehead atoms. The summed E-state index contributed by atoms with van der Waals surface area (Å²) in [6, 6.07) is 3.56. The molecule has 0 radical (unpaired) electrons. The molecule has 11 heavy (non-hydrogen) atoms. The van der Waals surface area contributed by atoms with Gasteiger partial charge in [-0.3, -0.25) is 0 Å². The number of pyridine rings is 1. The SMILES string of the molecule is COc1ncccc1C(C)O. The van der Waals surface area contributed by atoms with Crippen LogP contribution in [0.3, 0.4) is 0 Å². The molecule has 1 aromatic heterocycles. The first kappa shape index (κ1) is 8.01. The van der Waals surface area contributed by atoms with E-state index in [4.69, 9.17) is 4.74 Å². The number of aromatic nitrogens is 1. The van der Waals surface area contributed by atoms with Gasteiger partial charge in [0, 0.05) is 11.8 Å². The predicted octanol–water partition coefficient (Wildman–Crippen LogP) is 1.14. The van der Waals surface area contributed by atoms with Gasteiger partial charge in [0.25, 0.3) is 0 Å². The van der Waals surface area contributed by atoms with Crippen molar-refractivity contribution in [3.8, 4) is 5.88 Å². The maximum absolute atomic E-state index is 9.22. The predicted molar refractivity (Wildman–Crippen MR) is 41.4 cm³/mol. The molecule has 1 N–H and O–H groups in total. The molecule has 60 valence electrons. The Labute approximate surface area is 65.7 Å². The fourth-order valence-electron chi connectivity index (χ4n) is 0.892. The molecule has 1 atom stereocenters. The van der Waals surface area contributed by atoms with Gasteiger partial charge in [0.15, 0.2) is 0 Å². The molecular weight excluding hydrogens is 142 g/mol. The van der Waals surface area contributed by atoms with E-state index in [9.17, 15) is 5.11 Å². The number of hydrogen-bond donors (Lipinski definition) is 1. The van der Waals surface area contributed by atoms with Crippen molar-refractivity contribution in [2.75, 3.05) is 7.11 Å². The third-order valence-electron chi connectivity index (χ3n) is 1.44. The molecule has 1 heterocycles. The number of rotatable bonds is 2. The van der Waals surface area contributed by atoms with E-state index in [1.807, 2.05) is 0 Å². The molecule has 0 fully saturated rings. The first-order chi connectivity index (χ1) is 5.25. The summed E-state index contributed by atoms with van der Waals surface area (Å²) in [4.78, 5) is 3.94. The third kappa shape index (κ3) is 1.68. The standard InChI is InChI=1S/C8H11NO2/c1-6(10)7-4-3-5-9-8(7)11-2/h3-6,10H,1-2H3. The van der Waals surface area contributed by atoms with E-state index in [0.717, 1.165) is 5.56 Å². The normalized spacial score (nSPS) is 12.6. The van der Waals surface area contributed by atoms with Crippen molar-refractivity contribution >= 4 is 0 Å². The number of nitrogens with zero attached hydrogens (tertiary/aromatic N) is 1. The first-order valence-corrected chi connectivity index (χ1v) is 3.42. The lowest BCUT2D eigenvalue weighted by atomic mass is 10.2.